The molecule has 2 heterocycles. The quantitative estimate of drug-likeness (QED) is 0.509. The Kier molecular flexibility index (Phi) is 6.96. The van der Waals surface area contributed by atoms with E-state index in [9.17, 15) is 8.42 Å². The van der Waals surface area contributed by atoms with E-state index < -0.39 is 10.0 Å². The maximum Gasteiger partial charge on any atom is 0.236 e. The average molecular weight is 421 g/mol. The number of thiophene rings is 1. The van der Waals surface area contributed by atoms with Gasteiger partial charge in [0.2, 0.25) is 10.0 Å². The summed E-state index contributed by atoms with van der Waals surface area (Å²) in [5.41, 5.74) is 3.18. The number of rotatable bonds is 8. The first-order chi connectivity index (χ1) is 13.5. The van der Waals surface area contributed by atoms with Gasteiger partial charge in [0.05, 0.1) is 11.4 Å². The number of guanidine groups is 1. The molecule has 0 saturated carbocycles. The molecule has 28 heavy (non-hydrogen) atoms. The van der Waals surface area contributed by atoms with Crippen LogP contribution in [0.25, 0.3) is 0 Å². The zero-order valence-corrected chi connectivity index (χ0v) is 18.0. The molecule has 152 valence electrons. The maximum absolute atomic E-state index is 12.8. The molecule has 0 amide bonds. The summed E-state index contributed by atoms with van der Waals surface area (Å²) in [7, 11) is -3.36. The highest BCUT2D eigenvalue weighted by molar-refractivity contribution is 7.92. The number of benzene rings is 1. The largest absolute Gasteiger partial charge is 0.357 e. The lowest BCUT2D eigenvalue weighted by atomic mass is 10.1. The van der Waals surface area contributed by atoms with Crippen molar-refractivity contribution in [3.8, 4) is 0 Å². The summed E-state index contributed by atoms with van der Waals surface area (Å²) >= 11 is 1.69. The number of anilines is 1. The van der Waals surface area contributed by atoms with Crippen molar-refractivity contribution < 1.29 is 8.42 Å². The van der Waals surface area contributed by atoms with Crippen LogP contribution >= 0.6 is 11.3 Å². The zero-order chi connectivity index (χ0) is 20.0. The zero-order valence-electron chi connectivity index (χ0n) is 16.4. The number of hydrogen-bond acceptors (Lipinski definition) is 4. The van der Waals surface area contributed by atoms with E-state index in [1.165, 1.54) is 9.87 Å². The van der Waals surface area contributed by atoms with Gasteiger partial charge in [-0.3, -0.25) is 9.30 Å². The van der Waals surface area contributed by atoms with Crippen LogP contribution in [0.3, 0.4) is 0 Å². The van der Waals surface area contributed by atoms with E-state index in [1.54, 1.807) is 11.3 Å². The molecule has 1 aromatic carbocycles. The third-order valence-corrected chi connectivity index (χ3v) is 7.28. The second-order valence-corrected chi connectivity index (χ2v) is 9.66. The number of hydrogen-bond donors (Lipinski definition) is 2. The van der Waals surface area contributed by atoms with Crippen LogP contribution in [-0.2, 0) is 16.4 Å². The third kappa shape index (κ3) is 5.05. The molecule has 0 fully saturated rings. The molecule has 0 radical (unpaired) electrons. The van der Waals surface area contributed by atoms with Crippen molar-refractivity contribution in [2.75, 3.05) is 36.2 Å². The predicted molar refractivity (Wildman–Crippen MR) is 118 cm³/mol. The highest BCUT2D eigenvalue weighted by Gasteiger charge is 2.28. The van der Waals surface area contributed by atoms with Crippen LogP contribution < -0.4 is 14.9 Å². The van der Waals surface area contributed by atoms with Crippen molar-refractivity contribution in [1.82, 2.24) is 10.6 Å². The van der Waals surface area contributed by atoms with E-state index in [0.29, 0.717) is 31.5 Å². The minimum atomic E-state index is -3.36. The van der Waals surface area contributed by atoms with Gasteiger partial charge in [-0.1, -0.05) is 25.1 Å². The summed E-state index contributed by atoms with van der Waals surface area (Å²) in [5.74, 6) is 1.01. The third-order valence-electron chi connectivity index (χ3n) is 4.81. The molecule has 6 nitrogen and oxygen atoms in total. The van der Waals surface area contributed by atoms with Crippen LogP contribution in [0.1, 0.15) is 30.9 Å². The smallest absolute Gasteiger partial charge is 0.236 e. The maximum atomic E-state index is 12.8. The second kappa shape index (κ2) is 9.43. The van der Waals surface area contributed by atoms with Gasteiger partial charge in [-0.05, 0) is 47.4 Å². The van der Waals surface area contributed by atoms with Crippen molar-refractivity contribution in [3.05, 3.63) is 52.2 Å². The Labute approximate surface area is 171 Å². The highest BCUT2D eigenvalue weighted by atomic mass is 32.2. The molecule has 0 saturated heterocycles. The number of sulfonamides is 1. The Morgan fingerprint density at radius 1 is 1.29 bits per heavy atom. The van der Waals surface area contributed by atoms with Crippen LogP contribution in [-0.4, -0.2) is 46.3 Å². The predicted octanol–water partition coefficient (Wildman–Crippen LogP) is 2.80. The average Bonchev–Trinajstić information content (AvgIpc) is 3.35. The molecule has 1 aromatic heterocycles. The molecule has 1 atom stereocenters. The number of para-hydroxylation sites is 1. The molecule has 2 aromatic rings. The molecular formula is C20H28N4O2S2. The fraction of sp³-hybridized carbons (Fsp3) is 0.450. The molecule has 0 spiro atoms. The van der Waals surface area contributed by atoms with Crippen molar-refractivity contribution in [2.45, 2.75) is 26.2 Å². The summed E-state index contributed by atoms with van der Waals surface area (Å²) in [5, 5.41) is 10.6. The summed E-state index contributed by atoms with van der Waals surface area (Å²) < 4.78 is 27.1. The van der Waals surface area contributed by atoms with Crippen LogP contribution in [0, 0.1) is 0 Å². The summed E-state index contributed by atoms with van der Waals surface area (Å²) in [6, 6.07) is 9.83. The highest BCUT2D eigenvalue weighted by Crippen LogP contribution is 2.29. The van der Waals surface area contributed by atoms with Crippen molar-refractivity contribution in [3.63, 3.8) is 0 Å². The van der Waals surface area contributed by atoms with Gasteiger partial charge < -0.3 is 10.6 Å². The van der Waals surface area contributed by atoms with Gasteiger partial charge >= 0.3 is 0 Å². The van der Waals surface area contributed by atoms with E-state index in [4.69, 9.17) is 0 Å². The lowest BCUT2D eigenvalue weighted by Gasteiger charge is -2.20. The standard InChI is InChI=1S/C20H28N4O2S2/c1-3-21-20(23-14-16(2)18-9-12-27-15-18)22-10-13-28(25,26)24-11-8-17-6-4-5-7-19(17)24/h4-7,9,12,15-16H,3,8,10-11,13-14H2,1-2H3,(H2,21,22,23). The topological polar surface area (TPSA) is 73.8 Å². The molecule has 1 unspecified atom stereocenters. The minimum absolute atomic E-state index is 0.0336. The van der Waals surface area contributed by atoms with Gasteiger partial charge in [-0.2, -0.15) is 11.3 Å². The van der Waals surface area contributed by atoms with Gasteiger partial charge in [0, 0.05) is 32.1 Å². The molecule has 1 aliphatic heterocycles. The Bertz CT molecular complexity index is 895. The van der Waals surface area contributed by atoms with Gasteiger partial charge in [-0.15, -0.1) is 0 Å². The molecule has 3 rings (SSSR count). The fourth-order valence-electron chi connectivity index (χ4n) is 3.24. The Morgan fingerprint density at radius 2 is 2.11 bits per heavy atom. The summed E-state index contributed by atoms with van der Waals surface area (Å²) in [6.45, 7) is 6.36. The number of aliphatic imine (C=N–C) groups is 1. The van der Waals surface area contributed by atoms with Crippen molar-refractivity contribution in [1.29, 1.82) is 0 Å². The second-order valence-electron chi connectivity index (χ2n) is 6.87. The minimum Gasteiger partial charge on any atom is -0.357 e. The lowest BCUT2D eigenvalue weighted by molar-refractivity contribution is 0.590. The first-order valence-electron chi connectivity index (χ1n) is 9.64. The van der Waals surface area contributed by atoms with Gasteiger partial charge in [0.1, 0.15) is 0 Å². The van der Waals surface area contributed by atoms with E-state index >= 15 is 0 Å². The fourth-order valence-corrected chi connectivity index (χ4v) is 5.45. The molecule has 8 heteroatoms. The van der Waals surface area contributed by atoms with E-state index in [0.717, 1.165) is 24.2 Å². The molecule has 2 N–H and O–H groups in total. The molecule has 0 aliphatic carbocycles. The number of fused-ring (bicyclic) bond motifs is 1. The van der Waals surface area contributed by atoms with Gasteiger partial charge in [-0.25, -0.2) is 8.42 Å². The van der Waals surface area contributed by atoms with Crippen LogP contribution in [0.15, 0.2) is 46.1 Å². The summed E-state index contributed by atoms with van der Waals surface area (Å²) in [6.07, 6.45) is 0.771. The monoisotopic (exact) mass is 420 g/mol. The molecule has 0 bridgehead atoms. The van der Waals surface area contributed by atoms with Gasteiger partial charge in [0.15, 0.2) is 5.96 Å². The van der Waals surface area contributed by atoms with E-state index in [-0.39, 0.29) is 5.75 Å². The number of nitrogens with zero attached hydrogens (tertiary/aromatic N) is 2. The van der Waals surface area contributed by atoms with Crippen LogP contribution in [0.5, 0.6) is 0 Å². The Morgan fingerprint density at radius 3 is 2.86 bits per heavy atom. The van der Waals surface area contributed by atoms with E-state index in [1.807, 2.05) is 31.2 Å². The van der Waals surface area contributed by atoms with Crippen LogP contribution in [0.4, 0.5) is 5.69 Å². The van der Waals surface area contributed by atoms with Crippen LogP contribution in [0.2, 0.25) is 0 Å². The first-order valence-corrected chi connectivity index (χ1v) is 12.2. The van der Waals surface area contributed by atoms with Crippen molar-refractivity contribution >= 4 is 33.0 Å². The first kappa shape index (κ1) is 20.7. The molecule has 1 aliphatic rings. The SMILES string of the molecule is CCNC(=NCC(C)c1ccsc1)NCCS(=O)(=O)N1CCc2ccccc21. The van der Waals surface area contributed by atoms with Gasteiger partial charge in [0.25, 0.3) is 0 Å². The number of nitrogens with one attached hydrogen (secondary N) is 2. The molecular weight excluding hydrogens is 392 g/mol. The van der Waals surface area contributed by atoms with Crippen molar-refractivity contribution in [2.24, 2.45) is 4.99 Å². The Balaban J connectivity index is 1.56. The Hall–Kier alpha value is -2.06. The van der Waals surface area contributed by atoms with E-state index in [2.05, 4.69) is 39.4 Å². The normalized spacial score (nSPS) is 15.4. The summed E-state index contributed by atoms with van der Waals surface area (Å²) in [4.78, 5) is 4.61. The lowest BCUT2D eigenvalue weighted by Crippen LogP contribution is -2.42.